The lowest BCUT2D eigenvalue weighted by Crippen LogP contribution is -2.24. The van der Waals surface area contributed by atoms with E-state index < -0.39 is 0 Å². The molecule has 2 amide bonds. The van der Waals surface area contributed by atoms with E-state index in [4.69, 9.17) is 4.42 Å². The lowest BCUT2D eigenvalue weighted by Gasteiger charge is -2.10. The van der Waals surface area contributed by atoms with E-state index >= 15 is 0 Å². The van der Waals surface area contributed by atoms with Gasteiger partial charge in [-0.1, -0.05) is 24.3 Å². The van der Waals surface area contributed by atoms with E-state index in [1.165, 1.54) is 11.8 Å². The highest BCUT2D eigenvalue weighted by Gasteiger charge is 2.13. The molecule has 3 rings (SSSR count). The van der Waals surface area contributed by atoms with Crippen molar-refractivity contribution in [1.82, 2.24) is 5.32 Å². The minimum atomic E-state index is -0.195. The largest absolute Gasteiger partial charge is 0.467 e. The highest BCUT2D eigenvalue weighted by Crippen LogP contribution is 2.23. The Bertz CT molecular complexity index is 923. The number of furan rings is 1. The van der Waals surface area contributed by atoms with Crippen LogP contribution in [0.5, 0.6) is 0 Å². The van der Waals surface area contributed by atoms with Crippen molar-refractivity contribution in [2.75, 3.05) is 11.1 Å². The van der Waals surface area contributed by atoms with Crippen molar-refractivity contribution < 1.29 is 14.0 Å². The van der Waals surface area contributed by atoms with E-state index in [2.05, 4.69) is 10.6 Å². The second kappa shape index (κ2) is 9.09. The van der Waals surface area contributed by atoms with Crippen molar-refractivity contribution in [3.63, 3.8) is 0 Å². The molecule has 0 spiro atoms. The lowest BCUT2D eigenvalue weighted by molar-refractivity contribution is -0.118. The smallest absolute Gasteiger partial charge is 0.256 e. The molecule has 0 unspecified atom stereocenters. The first-order valence-corrected chi connectivity index (χ1v) is 9.49. The van der Waals surface area contributed by atoms with Crippen LogP contribution in [0.4, 0.5) is 5.69 Å². The maximum atomic E-state index is 12.6. The molecule has 138 valence electrons. The zero-order valence-electron chi connectivity index (χ0n) is 14.9. The molecule has 0 aliphatic carbocycles. The first-order chi connectivity index (χ1) is 13.1. The molecular formula is C21H20N2O3S. The molecule has 1 heterocycles. The van der Waals surface area contributed by atoms with Gasteiger partial charge in [0, 0.05) is 10.6 Å². The Morgan fingerprint density at radius 3 is 2.67 bits per heavy atom. The Kier molecular flexibility index (Phi) is 6.33. The summed E-state index contributed by atoms with van der Waals surface area (Å²) in [5.41, 5.74) is 2.36. The second-order valence-electron chi connectivity index (χ2n) is 5.96. The summed E-state index contributed by atoms with van der Waals surface area (Å²) in [5.74, 6) is 0.603. The molecular weight excluding hydrogens is 360 g/mol. The van der Waals surface area contributed by atoms with Gasteiger partial charge in [-0.2, -0.15) is 0 Å². The summed E-state index contributed by atoms with van der Waals surface area (Å²) in [5, 5.41) is 5.70. The van der Waals surface area contributed by atoms with Gasteiger partial charge in [0.05, 0.1) is 24.1 Å². The molecule has 1 aromatic heterocycles. The van der Waals surface area contributed by atoms with Crippen molar-refractivity contribution in [2.24, 2.45) is 0 Å². The number of hydrogen-bond donors (Lipinski definition) is 2. The minimum Gasteiger partial charge on any atom is -0.467 e. The van der Waals surface area contributed by atoms with Crippen LogP contribution in [-0.2, 0) is 11.3 Å². The van der Waals surface area contributed by atoms with E-state index in [0.717, 1.165) is 16.1 Å². The summed E-state index contributed by atoms with van der Waals surface area (Å²) in [6.07, 6.45) is 1.57. The van der Waals surface area contributed by atoms with Crippen molar-refractivity contribution in [3.05, 3.63) is 83.8 Å². The fourth-order valence-corrected chi connectivity index (χ4v) is 3.37. The Balaban J connectivity index is 1.59. The van der Waals surface area contributed by atoms with Gasteiger partial charge in [0.15, 0.2) is 0 Å². The van der Waals surface area contributed by atoms with Gasteiger partial charge in [0.25, 0.3) is 5.91 Å². The summed E-state index contributed by atoms with van der Waals surface area (Å²) in [6, 6.07) is 18.5. The number of anilines is 1. The van der Waals surface area contributed by atoms with Crippen molar-refractivity contribution in [1.29, 1.82) is 0 Å². The fourth-order valence-electron chi connectivity index (χ4n) is 2.49. The van der Waals surface area contributed by atoms with Crippen LogP contribution in [0.1, 0.15) is 21.7 Å². The third-order valence-electron chi connectivity index (χ3n) is 3.81. The summed E-state index contributed by atoms with van der Waals surface area (Å²) in [4.78, 5) is 25.4. The molecule has 0 saturated heterocycles. The third kappa shape index (κ3) is 5.49. The molecule has 5 nitrogen and oxygen atoms in total. The lowest BCUT2D eigenvalue weighted by atomic mass is 10.2. The number of thioether (sulfide) groups is 1. The van der Waals surface area contributed by atoms with E-state index in [9.17, 15) is 9.59 Å². The molecule has 0 aliphatic heterocycles. The van der Waals surface area contributed by atoms with Crippen molar-refractivity contribution in [2.45, 2.75) is 18.4 Å². The van der Waals surface area contributed by atoms with Crippen LogP contribution in [0.3, 0.4) is 0 Å². The molecule has 0 fully saturated rings. The highest BCUT2D eigenvalue weighted by atomic mass is 32.2. The second-order valence-corrected chi connectivity index (χ2v) is 6.98. The molecule has 0 radical (unpaired) electrons. The Hall–Kier alpha value is -2.99. The van der Waals surface area contributed by atoms with Crippen LogP contribution in [0.25, 0.3) is 0 Å². The van der Waals surface area contributed by atoms with Gasteiger partial charge in [-0.3, -0.25) is 9.59 Å². The van der Waals surface area contributed by atoms with E-state index in [1.54, 1.807) is 24.5 Å². The van der Waals surface area contributed by atoms with Crippen LogP contribution >= 0.6 is 11.8 Å². The SMILES string of the molecule is Cc1cccc(NC(=O)c2ccccc2SCC(=O)NCc2ccco2)c1. The predicted molar refractivity (Wildman–Crippen MR) is 107 cm³/mol. The van der Waals surface area contributed by atoms with Crippen molar-refractivity contribution >= 4 is 29.3 Å². The number of aryl methyl sites for hydroxylation is 1. The number of carbonyl (C=O) groups excluding carboxylic acids is 2. The molecule has 0 saturated carbocycles. The Labute approximate surface area is 162 Å². The molecule has 2 N–H and O–H groups in total. The molecule has 0 aliphatic rings. The van der Waals surface area contributed by atoms with Gasteiger partial charge in [-0.15, -0.1) is 11.8 Å². The van der Waals surface area contributed by atoms with Crippen LogP contribution in [0.2, 0.25) is 0 Å². The topological polar surface area (TPSA) is 71.3 Å². The van der Waals surface area contributed by atoms with E-state index in [0.29, 0.717) is 17.9 Å². The molecule has 6 heteroatoms. The number of nitrogens with one attached hydrogen (secondary N) is 2. The first kappa shape index (κ1) is 18.8. The fraction of sp³-hybridized carbons (Fsp3) is 0.143. The van der Waals surface area contributed by atoms with Gasteiger partial charge in [0.2, 0.25) is 5.91 Å². The Morgan fingerprint density at radius 1 is 1.04 bits per heavy atom. The summed E-state index contributed by atoms with van der Waals surface area (Å²) >= 11 is 1.33. The van der Waals surface area contributed by atoms with Gasteiger partial charge in [-0.05, 0) is 48.9 Å². The highest BCUT2D eigenvalue weighted by molar-refractivity contribution is 8.00. The van der Waals surface area contributed by atoms with Crippen LogP contribution in [0, 0.1) is 6.92 Å². The number of amides is 2. The number of carbonyl (C=O) groups is 2. The van der Waals surface area contributed by atoms with Crippen LogP contribution < -0.4 is 10.6 Å². The average Bonchev–Trinajstić information content (AvgIpc) is 3.18. The van der Waals surface area contributed by atoms with Crippen LogP contribution in [0.15, 0.2) is 76.2 Å². The van der Waals surface area contributed by atoms with Crippen LogP contribution in [-0.4, -0.2) is 17.6 Å². The Morgan fingerprint density at radius 2 is 1.89 bits per heavy atom. The predicted octanol–water partition coefficient (Wildman–Crippen LogP) is 4.25. The molecule has 0 atom stereocenters. The normalized spacial score (nSPS) is 10.4. The van der Waals surface area contributed by atoms with E-state index in [-0.39, 0.29) is 17.6 Å². The molecule has 0 bridgehead atoms. The maximum absolute atomic E-state index is 12.6. The van der Waals surface area contributed by atoms with Gasteiger partial charge >= 0.3 is 0 Å². The molecule has 3 aromatic rings. The van der Waals surface area contributed by atoms with Gasteiger partial charge in [0.1, 0.15) is 5.76 Å². The average molecular weight is 380 g/mol. The minimum absolute atomic E-state index is 0.120. The summed E-state index contributed by atoms with van der Waals surface area (Å²) < 4.78 is 5.19. The van der Waals surface area contributed by atoms with Gasteiger partial charge < -0.3 is 15.1 Å². The molecule has 27 heavy (non-hydrogen) atoms. The number of hydrogen-bond acceptors (Lipinski definition) is 4. The number of rotatable bonds is 7. The summed E-state index contributed by atoms with van der Waals surface area (Å²) in [6.45, 7) is 2.32. The monoisotopic (exact) mass is 380 g/mol. The zero-order chi connectivity index (χ0) is 19.1. The molecule has 2 aromatic carbocycles. The summed E-state index contributed by atoms with van der Waals surface area (Å²) in [7, 11) is 0. The quantitative estimate of drug-likeness (QED) is 0.601. The first-order valence-electron chi connectivity index (χ1n) is 8.51. The third-order valence-corrected chi connectivity index (χ3v) is 4.88. The zero-order valence-corrected chi connectivity index (χ0v) is 15.7. The standard InChI is InChI=1S/C21H20N2O3S/c1-15-6-4-7-16(12-15)23-21(25)18-9-2-3-10-19(18)27-14-20(24)22-13-17-8-5-11-26-17/h2-12H,13-14H2,1H3,(H,22,24)(H,23,25). The van der Waals surface area contributed by atoms with E-state index in [1.807, 2.05) is 49.4 Å². The maximum Gasteiger partial charge on any atom is 0.256 e. The van der Waals surface area contributed by atoms with Crippen molar-refractivity contribution in [3.8, 4) is 0 Å². The van der Waals surface area contributed by atoms with Gasteiger partial charge in [-0.25, -0.2) is 0 Å². The number of benzene rings is 2.